The Kier molecular flexibility index (Phi) is 5.01. The summed E-state index contributed by atoms with van der Waals surface area (Å²) in [7, 11) is 1.57. The van der Waals surface area contributed by atoms with Gasteiger partial charge in [0.2, 0.25) is 0 Å². The van der Waals surface area contributed by atoms with Gasteiger partial charge < -0.3 is 20.0 Å². The fourth-order valence-electron chi connectivity index (χ4n) is 2.20. The van der Waals surface area contributed by atoms with Gasteiger partial charge in [0.1, 0.15) is 23.4 Å². The first kappa shape index (κ1) is 17.0. The molecule has 2 aromatic carbocycles. The van der Waals surface area contributed by atoms with E-state index in [-0.39, 0.29) is 5.91 Å². The molecule has 1 heterocycles. The summed E-state index contributed by atoms with van der Waals surface area (Å²) in [5, 5.41) is 20.0. The number of aromatic nitrogens is 3. The normalized spacial score (nSPS) is 10.8. The lowest BCUT2D eigenvalue weighted by atomic mass is 10.2. The smallest absolute Gasteiger partial charge is 0.255 e. The second-order valence-electron chi connectivity index (χ2n) is 5.12. The van der Waals surface area contributed by atoms with Crippen molar-refractivity contribution in [2.24, 2.45) is 0 Å². The fourth-order valence-corrected chi connectivity index (χ4v) is 2.38. The van der Waals surface area contributed by atoms with Crippen LogP contribution in [0.15, 0.2) is 36.4 Å². The number of ether oxygens (including phenoxy) is 2. The number of rotatable bonds is 6. The average Bonchev–Trinajstić information content (AvgIpc) is 2.97. The van der Waals surface area contributed by atoms with Crippen molar-refractivity contribution in [1.29, 1.82) is 0 Å². The highest BCUT2D eigenvalue weighted by Gasteiger charge is 2.13. The monoisotopic (exact) mass is 362 g/mol. The zero-order valence-electron chi connectivity index (χ0n) is 13.3. The number of hydrogen-bond donors (Lipinski definition) is 2. The van der Waals surface area contributed by atoms with Crippen LogP contribution in [0.5, 0.6) is 5.75 Å². The summed E-state index contributed by atoms with van der Waals surface area (Å²) in [6.45, 7) is 0.752. The van der Waals surface area contributed by atoms with Crippen molar-refractivity contribution in [3.63, 3.8) is 0 Å². The van der Waals surface area contributed by atoms with Crippen molar-refractivity contribution < 1.29 is 19.5 Å². The maximum absolute atomic E-state index is 12.5. The molecule has 1 amide bonds. The van der Waals surface area contributed by atoms with Crippen molar-refractivity contribution in [3.05, 3.63) is 47.0 Å². The molecule has 0 saturated carbocycles. The molecule has 0 unspecified atom stereocenters. The first-order chi connectivity index (χ1) is 12.1. The molecule has 3 aromatic rings. The van der Waals surface area contributed by atoms with Gasteiger partial charge >= 0.3 is 0 Å². The fraction of sp³-hybridized carbons (Fsp3) is 0.188. The van der Waals surface area contributed by atoms with E-state index < -0.39 is 0 Å². The summed E-state index contributed by atoms with van der Waals surface area (Å²) in [6, 6.07) is 9.60. The van der Waals surface area contributed by atoms with Gasteiger partial charge in [0.05, 0.1) is 12.3 Å². The number of hydrogen-bond acceptors (Lipinski definition) is 6. The Hall–Kier alpha value is -2.84. The quantitative estimate of drug-likeness (QED) is 0.516. The zero-order chi connectivity index (χ0) is 17.8. The van der Waals surface area contributed by atoms with Crippen LogP contribution in [0.1, 0.15) is 10.4 Å². The first-order valence-corrected chi connectivity index (χ1v) is 7.73. The SMILES string of the molecule is COCCOc1ccc(Cl)cc1NC(=O)c1ccc2nnn(O)c2c1. The van der Waals surface area contributed by atoms with E-state index in [4.69, 9.17) is 21.1 Å². The Balaban J connectivity index is 1.83. The number of methoxy groups -OCH3 is 1. The van der Waals surface area contributed by atoms with Crippen LogP contribution in [-0.2, 0) is 4.74 Å². The van der Waals surface area contributed by atoms with Crippen LogP contribution in [-0.4, -0.2) is 46.6 Å². The highest BCUT2D eigenvalue weighted by molar-refractivity contribution is 6.31. The molecule has 9 heteroatoms. The zero-order valence-corrected chi connectivity index (χ0v) is 14.0. The summed E-state index contributed by atoms with van der Waals surface area (Å²) in [6.07, 6.45) is 0. The minimum atomic E-state index is -0.387. The van der Waals surface area contributed by atoms with Gasteiger partial charge in [-0.25, -0.2) is 0 Å². The van der Waals surface area contributed by atoms with Gasteiger partial charge in [0.25, 0.3) is 5.91 Å². The maximum Gasteiger partial charge on any atom is 0.255 e. The molecule has 0 bridgehead atoms. The van der Waals surface area contributed by atoms with Crippen LogP contribution in [0, 0.1) is 0 Å². The van der Waals surface area contributed by atoms with Gasteiger partial charge in [-0.05, 0) is 41.6 Å². The highest BCUT2D eigenvalue weighted by atomic mass is 35.5. The Morgan fingerprint density at radius 2 is 2.12 bits per heavy atom. The minimum absolute atomic E-state index is 0.327. The molecule has 0 saturated heterocycles. The summed E-state index contributed by atoms with van der Waals surface area (Å²) in [5.41, 5.74) is 1.57. The van der Waals surface area contributed by atoms with Crippen molar-refractivity contribution >= 4 is 34.2 Å². The van der Waals surface area contributed by atoms with E-state index in [1.165, 1.54) is 6.07 Å². The summed E-state index contributed by atoms with van der Waals surface area (Å²) >= 11 is 6.01. The largest absolute Gasteiger partial charge is 0.489 e. The summed E-state index contributed by atoms with van der Waals surface area (Å²) in [5.74, 6) is 0.0895. The third-order valence-electron chi connectivity index (χ3n) is 3.43. The van der Waals surface area contributed by atoms with Crippen LogP contribution >= 0.6 is 11.6 Å². The Morgan fingerprint density at radius 1 is 1.28 bits per heavy atom. The van der Waals surface area contributed by atoms with E-state index in [0.29, 0.717) is 51.1 Å². The van der Waals surface area contributed by atoms with E-state index in [2.05, 4.69) is 15.6 Å². The van der Waals surface area contributed by atoms with E-state index >= 15 is 0 Å². The van der Waals surface area contributed by atoms with Crippen molar-refractivity contribution in [3.8, 4) is 5.75 Å². The number of amides is 1. The molecular weight excluding hydrogens is 348 g/mol. The standard InChI is InChI=1S/C16H15ClN4O4/c1-24-6-7-25-15-5-3-11(17)9-13(15)18-16(22)10-2-4-12-14(8-10)21(23)20-19-12/h2-5,8-9,23H,6-7H2,1H3,(H,18,22). The molecule has 0 aliphatic rings. The second-order valence-corrected chi connectivity index (χ2v) is 5.55. The molecule has 0 radical (unpaired) electrons. The van der Waals surface area contributed by atoms with E-state index in [9.17, 15) is 10.0 Å². The number of carbonyl (C=O) groups excluding carboxylic acids is 1. The Labute approximate surface area is 147 Å². The van der Waals surface area contributed by atoms with Crippen LogP contribution in [0.4, 0.5) is 5.69 Å². The van der Waals surface area contributed by atoms with E-state index in [1.807, 2.05) is 0 Å². The van der Waals surface area contributed by atoms with Gasteiger partial charge in [-0.3, -0.25) is 4.79 Å². The molecule has 2 N–H and O–H groups in total. The predicted octanol–water partition coefficient (Wildman–Crippen LogP) is 2.60. The van der Waals surface area contributed by atoms with Crippen LogP contribution < -0.4 is 10.1 Å². The Morgan fingerprint density at radius 3 is 2.92 bits per heavy atom. The number of benzene rings is 2. The second kappa shape index (κ2) is 7.37. The van der Waals surface area contributed by atoms with Gasteiger partial charge in [-0.15, -0.1) is 5.10 Å². The molecular formula is C16H15ClN4O4. The van der Waals surface area contributed by atoms with E-state index in [1.54, 1.807) is 37.4 Å². The van der Waals surface area contributed by atoms with Crippen LogP contribution in [0.3, 0.4) is 0 Å². The number of halogens is 1. The molecule has 0 aliphatic carbocycles. The van der Waals surface area contributed by atoms with Crippen LogP contribution in [0.25, 0.3) is 11.0 Å². The third kappa shape index (κ3) is 3.81. The molecule has 0 atom stereocenters. The van der Waals surface area contributed by atoms with Crippen molar-refractivity contribution in [1.82, 2.24) is 15.2 Å². The minimum Gasteiger partial charge on any atom is -0.489 e. The summed E-state index contributed by atoms with van der Waals surface area (Å²) in [4.78, 5) is 13.1. The molecule has 1 aromatic heterocycles. The van der Waals surface area contributed by atoms with Gasteiger partial charge in [-0.2, -0.15) is 0 Å². The van der Waals surface area contributed by atoms with Crippen LogP contribution in [0.2, 0.25) is 5.02 Å². The molecule has 25 heavy (non-hydrogen) atoms. The lowest BCUT2D eigenvalue weighted by Crippen LogP contribution is -2.14. The highest BCUT2D eigenvalue weighted by Crippen LogP contribution is 2.28. The molecule has 0 fully saturated rings. The van der Waals surface area contributed by atoms with E-state index in [0.717, 1.165) is 0 Å². The number of nitrogens with one attached hydrogen (secondary N) is 1. The van der Waals surface area contributed by atoms with Gasteiger partial charge in [0.15, 0.2) is 0 Å². The average molecular weight is 363 g/mol. The van der Waals surface area contributed by atoms with Gasteiger partial charge in [0, 0.05) is 17.7 Å². The number of anilines is 1. The topological polar surface area (TPSA) is 98.5 Å². The number of fused-ring (bicyclic) bond motifs is 1. The van der Waals surface area contributed by atoms with Gasteiger partial charge in [-0.1, -0.05) is 16.4 Å². The Bertz CT molecular complexity index is 912. The first-order valence-electron chi connectivity index (χ1n) is 7.36. The third-order valence-corrected chi connectivity index (χ3v) is 3.66. The van der Waals surface area contributed by atoms with Crippen molar-refractivity contribution in [2.45, 2.75) is 0 Å². The van der Waals surface area contributed by atoms with Crippen molar-refractivity contribution in [2.75, 3.05) is 25.6 Å². The lowest BCUT2D eigenvalue weighted by molar-refractivity contribution is 0.102. The molecule has 8 nitrogen and oxygen atoms in total. The number of nitrogens with zero attached hydrogens (tertiary/aromatic N) is 3. The maximum atomic E-state index is 12.5. The molecule has 3 rings (SSSR count). The lowest BCUT2D eigenvalue weighted by Gasteiger charge is -2.13. The molecule has 0 spiro atoms. The molecule has 130 valence electrons. The summed E-state index contributed by atoms with van der Waals surface area (Å²) < 4.78 is 10.5. The number of carbonyl (C=O) groups is 1. The molecule has 0 aliphatic heterocycles. The predicted molar refractivity (Wildman–Crippen MR) is 91.5 cm³/mol.